The molecule has 1 fully saturated rings. The van der Waals surface area contributed by atoms with Crippen molar-refractivity contribution >= 4 is 11.8 Å². The van der Waals surface area contributed by atoms with Crippen LogP contribution >= 0.6 is 0 Å². The molecule has 1 saturated heterocycles. The molecule has 0 spiro atoms. The third-order valence-corrected chi connectivity index (χ3v) is 5.54. The van der Waals surface area contributed by atoms with Gasteiger partial charge in [-0.2, -0.15) is 13.2 Å². The summed E-state index contributed by atoms with van der Waals surface area (Å²) >= 11 is 0. The van der Waals surface area contributed by atoms with Gasteiger partial charge in [-0.25, -0.2) is 0 Å². The number of carbonyl (C=O) groups is 2. The fraction of sp³-hybridized carbons (Fsp3) is 0.417. The molecule has 2 amide bonds. The number of para-hydroxylation sites is 1. The fourth-order valence-corrected chi connectivity index (χ4v) is 3.63. The van der Waals surface area contributed by atoms with Crippen LogP contribution in [0.1, 0.15) is 47.2 Å². The molecule has 0 saturated carbocycles. The zero-order valence-electron chi connectivity index (χ0n) is 18.0. The van der Waals surface area contributed by atoms with Crippen LogP contribution in [0.5, 0.6) is 5.75 Å². The molecule has 0 radical (unpaired) electrons. The number of benzene rings is 2. The van der Waals surface area contributed by atoms with Gasteiger partial charge in [-0.3, -0.25) is 9.59 Å². The Bertz CT molecular complexity index is 921. The van der Waals surface area contributed by atoms with Crippen molar-refractivity contribution in [2.75, 3.05) is 19.7 Å². The smallest absolute Gasteiger partial charge is 0.416 e. The van der Waals surface area contributed by atoms with E-state index in [0.717, 1.165) is 23.4 Å². The van der Waals surface area contributed by atoms with E-state index < -0.39 is 17.6 Å². The summed E-state index contributed by atoms with van der Waals surface area (Å²) in [4.78, 5) is 26.5. The van der Waals surface area contributed by atoms with Gasteiger partial charge in [0.25, 0.3) is 5.91 Å². The zero-order chi connectivity index (χ0) is 23.1. The zero-order valence-corrected chi connectivity index (χ0v) is 18.0. The van der Waals surface area contributed by atoms with Crippen LogP contribution < -0.4 is 10.1 Å². The lowest BCUT2D eigenvalue weighted by Gasteiger charge is -2.32. The van der Waals surface area contributed by atoms with Crippen LogP contribution in [0.25, 0.3) is 0 Å². The lowest BCUT2D eigenvalue weighted by atomic mass is 10.0. The van der Waals surface area contributed by atoms with Gasteiger partial charge in [0.2, 0.25) is 5.91 Å². The van der Waals surface area contributed by atoms with Crippen molar-refractivity contribution in [3.8, 4) is 5.75 Å². The highest BCUT2D eigenvalue weighted by molar-refractivity contribution is 5.94. The SMILES string of the molecule is Cc1ccccc1OCCCC(=O)N1CCC(NC(=O)c2ccc(C(F)(F)F)cc2)CC1. The first-order valence-corrected chi connectivity index (χ1v) is 10.7. The molecule has 0 aromatic heterocycles. The number of rotatable bonds is 7. The Morgan fingerprint density at radius 2 is 1.72 bits per heavy atom. The van der Waals surface area contributed by atoms with Crippen LogP contribution in [0, 0.1) is 6.92 Å². The van der Waals surface area contributed by atoms with Gasteiger partial charge in [0.15, 0.2) is 0 Å². The number of nitrogens with zero attached hydrogens (tertiary/aromatic N) is 1. The maximum atomic E-state index is 12.6. The molecule has 2 aromatic carbocycles. The van der Waals surface area contributed by atoms with E-state index >= 15 is 0 Å². The Balaban J connectivity index is 1.37. The summed E-state index contributed by atoms with van der Waals surface area (Å²) in [6.07, 6.45) is -2.19. The average molecular weight is 448 g/mol. The van der Waals surface area contributed by atoms with Gasteiger partial charge in [0.05, 0.1) is 12.2 Å². The molecule has 0 aliphatic carbocycles. The van der Waals surface area contributed by atoms with Crippen molar-refractivity contribution in [2.45, 2.75) is 44.8 Å². The maximum Gasteiger partial charge on any atom is 0.416 e. The highest BCUT2D eigenvalue weighted by atomic mass is 19.4. The van der Waals surface area contributed by atoms with E-state index in [0.29, 0.717) is 45.4 Å². The van der Waals surface area contributed by atoms with E-state index in [-0.39, 0.29) is 17.5 Å². The molecule has 1 aliphatic rings. The third-order valence-electron chi connectivity index (χ3n) is 5.54. The minimum atomic E-state index is -4.43. The number of carbonyl (C=O) groups excluding carboxylic acids is 2. The van der Waals surface area contributed by atoms with Crippen LogP contribution in [0.2, 0.25) is 0 Å². The Hall–Kier alpha value is -3.03. The molecule has 2 aromatic rings. The van der Waals surface area contributed by atoms with Gasteiger partial charge in [0, 0.05) is 31.1 Å². The molecule has 0 bridgehead atoms. The molecule has 3 rings (SSSR count). The molecule has 0 unspecified atom stereocenters. The summed E-state index contributed by atoms with van der Waals surface area (Å²) in [5.41, 5.74) is 0.453. The molecular weight excluding hydrogens is 421 g/mol. The number of alkyl halides is 3. The van der Waals surface area contributed by atoms with Crippen LogP contribution in [-0.2, 0) is 11.0 Å². The van der Waals surface area contributed by atoms with Crippen molar-refractivity contribution in [2.24, 2.45) is 0 Å². The predicted octanol–water partition coefficient (Wildman–Crippen LogP) is 4.59. The standard InChI is InChI=1S/C24H27F3N2O3/c1-17-5-2-3-6-21(17)32-16-4-7-22(30)29-14-12-20(13-15-29)28-23(31)18-8-10-19(11-9-18)24(25,26)27/h2-3,5-6,8-11,20H,4,7,12-16H2,1H3,(H,28,31). The highest BCUT2D eigenvalue weighted by Gasteiger charge is 2.30. The number of amides is 2. The summed E-state index contributed by atoms with van der Waals surface area (Å²) in [5.74, 6) is 0.479. The molecule has 0 atom stereocenters. The Kier molecular flexibility index (Phi) is 7.77. The molecular formula is C24H27F3N2O3. The molecule has 1 aliphatic heterocycles. The third kappa shape index (κ3) is 6.48. The average Bonchev–Trinajstić information content (AvgIpc) is 2.77. The first-order valence-electron chi connectivity index (χ1n) is 10.7. The van der Waals surface area contributed by atoms with Gasteiger partial charge >= 0.3 is 6.18 Å². The van der Waals surface area contributed by atoms with Gasteiger partial charge in [-0.05, 0) is 62.1 Å². The molecule has 5 nitrogen and oxygen atoms in total. The largest absolute Gasteiger partial charge is 0.493 e. The van der Waals surface area contributed by atoms with E-state index in [2.05, 4.69) is 5.32 Å². The first-order chi connectivity index (χ1) is 15.2. The highest BCUT2D eigenvalue weighted by Crippen LogP contribution is 2.29. The topological polar surface area (TPSA) is 58.6 Å². The Labute approximate surface area is 185 Å². The minimum Gasteiger partial charge on any atom is -0.493 e. The van der Waals surface area contributed by atoms with Crippen molar-refractivity contribution in [1.82, 2.24) is 10.2 Å². The second-order valence-electron chi connectivity index (χ2n) is 7.92. The van der Waals surface area contributed by atoms with Crippen LogP contribution in [0.3, 0.4) is 0 Å². The fourth-order valence-electron chi connectivity index (χ4n) is 3.63. The number of nitrogens with one attached hydrogen (secondary N) is 1. The van der Waals surface area contributed by atoms with Crippen molar-refractivity contribution in [3.05, 3.63) is 65.2 Å². The number of ether oxygens (including phenoxy) is 1. The van der Waals surface area contributed by atoms with Crippen LogP contribution in [0.15, 0.2) is 48.5 Å². The summed E-state index contributed by atoms with van der Waals surface area (Å²) < 4.78 is 43.7. The van der Waals surface area contributed by atoms with Crippen LogP contribution in [-0.4, -0.2) is 42.5 Å². The summed E-state index contributed by atoms with van der Waals surface area (Å²) in [6.45, 7) is 3.52. The molecule has 32 heavy (non-hydrogen) atoms. The van der Waals surface area contributed by atoms with Crippen molar-refractivity contribution in [1.29, 1.82) is 0 Å². The second-order valence-corrected chi connectivity index (χ2v) is 7.92. The molecule has 1 N–H and O–H groups in total. The summed E-state index contributed by atoms with van der Waals surface area (Å²) in [6, 6.07) is 11.8. The Morgan fingerprint density at radius 1 is 1.06 bits per heavy atom. The number of piperidine rings is 1. The van der Waals surface area contributed by atoms with E-state index in [1.54, 1.807) is 4.90 Å². The lowest BCUT2D eigenvalue weighted by molar-refractivity contribution is -0.137. The van der Waals surface area contributed by atoms with Gasteiger partial charge < -0.3 is 15.0 Å². The molecule has 1 heterocycles. The predicted molar refractivity (Wildman–Crippen MR) is 114 cm³/mol. The van der Waals surface area contributed by atoms with E-state index in [1.807, 2.05) is 31.2 Å². The van der Waals surface area contributed by atoms with Gasteiger partial charge in [-0.1, -0.05) is 18.2 Å². The summed E-state index contributed by atoms with van der Waals surface area (Å²) in [5, 5.41) is 2.85. The molecule has 8 heteroatoms. The van der Waals surface area contributed by atoms with E-state index in [9.17, 15) is 22.8 Å². The quantitative estimate of drug-likeness (QED) is 0.630. The first kappa shape index (κ1) is 23.6. The number of halogens is 3. The number of hydrogen-bond donors (Lipinski definition) is 1. The van der Waals surface area contributed by atoms with Crippen LogP contribution in [0.4, 0.5) is 13.2 Å². The van der Waals surface area contributed by atoms with Gasteiger partial charge in [0.1, 0.15) is 5.75 Å². The summed E-state index contributed by atoms with van der Waals surface area (Å²) in [7, 11) is 0. The second kappa shape index (κ2) is 10.5. The molecule has 172 valence electrons. The van der Waals surface area contributed by atoms with Crippen molar-refractivity contribution < 1.29 is 27.5 Å². The normalized spacial score (nSPS) is 14.8. The lowest BCUT2D eigenvalue weighted by Crippen LogP contribution is -2.46. The minimum absolute atomic E-state index is 0.0610. The van der Waals surface area contributed by atoms with Crippen molar-refractivity contribution in [3.63, 3.8) is 0 Å². The monoisotopic (exact) mass is 448 g/mol. The number of aryl methyl sites for hydroxylation is 1. The number of hydrogen-bond acceptors (Lipinski definition) is 3. The van der Waals surface area contributed by atoms with E-state index in [1.165, 1.54) is 12.1 Å². The Morgan fingerprint density at radius 3 is 2.34 bits per heavy atom. The van der Waals surface area contributed by atoms with E-state index in [4.69, 9.17) is 4.74 Å². The van der Waals surface area contributed by atoms with Gasteiger partial charge in [-0.15, -0.1) is 0 Å². The maximum absolute atomic E-state index is 12.6. The number of likely N-dealkylation sites (tertiary alicyclic amines) is 1.